The van der Waals surface area contributed by atoms with Gasteiger partial charge in [-0.15, -0.1) is 0 Å². The second kappa shape index (κ2) is 7.14. The zero-order chi connectivity index (χ0) is 10.6. The van der Waals surface area contributed by atoms with Crippen LogP contribution in [0, 0.1) is 0 Å². The maximum absolute atomic E-state index is 10.2. The van der Waals surface area contributed by atoms with E-state index in [2.05, 4.69) is 0 Å². The summed E-state index contributed by atoms with van der Waals surface area (Å²) in [5.41, 5.74) is 4.95. The largest absolute Gasteiger partial charge is 3.00 e. The fraction of sp³-hybridized carbons (Fsp3) is 0.833. The maximum Gasteiger partial charge on any atom is 3.00 e. The van der Waals surface area contributed by atoms with Crippen LogP contribution in [0.1, 0.15) is 0 Å². The van der Waals surface area contributed by atoms with Crippen molar-refractivity contribution < 1.29 is 47.7 Å². The third kappa shape index (κ3) is 4.35. The van der Waals surface area contributed by atoms with E-state index < -0.39 is 36.9 Å². The van der Waals surface area contributed by atoms with Gasteiger partial charge in [-0.05, 0) is 0 Å². The van der Waals surface area contributed by atoms with Crippen molar-refractivity contribution in [3.8, 4) is 0 Å². The summed E-state index contributed by atoms with van der Waals surface area (Å²) < 4.78 is 0. The quantitative estimate of drug-likeness (QED) is 0.295. The Morgan fingerprint density at radius 2 is 1.64 bits per heavy atom. The Morgan fingerprint density at radius 3 is 1.93 bits per heavy atom. The van der Waals surface area contributed by atoms with Crippen LogP contribution in [0.3, 0.4) is 0 Å². The van der Waals surface area contributed by atoms with Gasteiger partial charge in [0.15, 0.2) is 0 Å². The average molecular weight is 247 g/mol. The van der Waals surface area contributed by atoms with E-state index in [1.165, 1.54) is 0 Å². The van der Waals surface area contributed by atoms with Crippen molar-refractivity contribution in [3.05, 3.63) is 0 Å². The second-order valence-corrected chi connectivity index (χ2v) is 2.60. The van der Waals surface area contributed by atoms with Gasteiger partial charge >= 0.3 is 23.3 Å². The minimum absolute atomic E-state index is 0. The molecule has 0 saturated heterocycles. The third-order valence-electron chi connectivity index (χ3n) is 1.58. The maximum atomic E-state index is 10.2. The number of carboxylic acids is 1. The van der Waals surface area contributed by atoms with Crippen molar-refractivity contribution in [2.45, 2.75) is 24.4 Å². The smallest absolute Gasteiger partial charge is 0.480 e. The Balaban J connectivity index is 0. The van der Waals surface area contributed by atoms with Gasteiger partial charge in [0.05, 0.1) is 6.61 Å². The van der Waals surface area contributed by atoms with Crippen LogP contribution >= 0.6 is 0 Å². The number of hydrogen-bond donors (Lipinski definition) is 6. The first-order valence-electron chi connectivity index (χ1n) is 3.55. The molecule has 0 aliphatic heterocycles. The number of hydrogen-bond acceptors (Lipinski definition) is 6. The molecule has 0 rings (SSSR count). The van der Waals surface area contributed by atoms with Crippen LogP contribution in [0.15, 0.2) is 0 Å². The number of aliphatic hydroxyl groups excluding tert-OH is 4. The van der Waals surface area contributed by atoms with Gasteiger partial charge in [-0.25, -0.2) is 0 Å². The molecule has 0 saturated carbocycles. The van der Waals surface area contributed by atoms with Crippen molar-refractivity contribution in [1.82, 2.24) is 0 Å². The zero-order valence-electron chi connectivity index (χ0n) is 7.15. The van der Waals surface area contributed by atoms with E-state index in [4.69, 9.17) is 31.3 Å². The van der Waals surface area contributed by atoms with Crippen LogP contribution in [-0.2, 0) is 22.2 Å². The van der Waals surface area contributed by atoms with Crippen LogP contribution in [-0.4, -0.2) is 62.5 Å². The molecule has 0 aromatic rings. The number of nitrogens with two attached hydrogens (primary N) is 1. The molecule has 14 heavy (non-hydrogen) atoms. The molecule has 0 heterocycles. The van der Waals surface area contributed by atoms with Crippen LogP contribution in [0.4, 0.5) is 0 Å². The molecule has 0 unspecified atom stereocenters. The standard InChI is InChI=1S/C6H13NO6.Cr/c7-3(6(12)13)5(11)4(10)2(9)1-8;/h2-5,8-11H,1,7H2,(H,12,13);/q;+3/t2-,3-,4-,5-;/m1./s1. The Morgan fingerprint density at radius 1 is 1.21 bits per heavy atom. The number of carbonyl (C=O) groups is 1. The summed E-state index contributed by atoms with van der Waals surface area (Å²) in [7, 11) is 0. The fourth-order valence-electron chi connectivity index (χ4n) is 0.694. The van der Waals surface area contributed by atoms with Gasteiger partial charge in [-0.1, -0.05) is 0 Å². The molecule has 0 spiro atoms. The van der Waals surface area contributed by atoms with Crippen LogP contribution in [0.5, 0.6) is 0 Å². The van der Waals surface area contributed by atoms with E-state index >= 15 is 0 Å². The molecule has 0 aromatic carbocycles. The Labute approximate surface area is 90.9 Å². The van der Waals surface area contributed by atoms with Gasteiger partial charge < -0.3 is 31.3 Å². The van der Waals surface area contributed by atoms with E-state index in [9.17, 15) is 4.79 Å². The van der Waals surface area contributed by atoms with Gasteiger partial charge in [0.25, 0.3) is 0 Å². The molecule has 7 N–H and O–H groups in total. The number of rotatable bonds is 5. The molecule has 0 aliphatic rings. The molecule has 81 valence electrons. The predicted octanol–water partition coefficient (Wildman–Crippen LogP) is -3.53. The summed E-state index contributed by atoms with van der Waals surface area (Å²) in [4.78, 5) is 10.2. The van der Waals surface area contributed by atoms with Gasteiger partial charge in [0.2, 0.25) is 0 Å². The van der Waals surface area contributed by atoms with Crippen molar-refractivity contribution in [1.29, 1.82) is 0 Å². The van der Waals surface area contributed by atoms with E-state index in [0.717, 1.165) is 0 Å². The first kappa shape index (κ1) is 16.2. The summed E-state index contributed by atoms with van der Waals surface area (Å²) in [5.74, 6) is -1.50. The molecule has 0 aliphatic carbocycles. The molecule has 0 bridgehead atoms. The summed E-state index contributed by atoms with van der Waals surface area (Å²) in [6.45, 7) is -0.787. The molecule has 7 nitrogen and oxygen atoms in total. The van der Waals surface area contributed by atoms with Crippen LogP contribution < -0.4 is 5.73 Å². The van der Waals surface area contributed by atoms with Crippen LogP contribution in [0.25, 0.3) is 0 Å². The molecule has 1 radical (unpaired) electrons. The second-order valence-electron chi connectivity index (χ2n) is 2.60. The van der Waals surface area contributed by atoms with Crippen molar-refractivity contribution in [2.24, 2.45) is 5.73 Å². The molecular weight excluding hydrogens is 234 g/mol. The number of aliphatic carboxylic acids is 1. The number of aliphatic hydroxyl groups is 4. The van der Waals surface area contributed by atoms with Crippen LogP contribution in [0.2, 0.25) is 0 Å². The van der Waals surface area contributed by atoms with Crippen molar-refractivity contribution in [3.63, 3.8) is 0 Å². The summed E-state index contributed by atoms with van der Waals surface area (Å²) in [5, 5.41) is 43.5. The summed E-state index contributed by atoms with van der Waals surface area (Å²) in [6.07, 6.45) is -5.21. The Bertz CT molecular complexity index is 180. The summed E-state index contributed by atoms with van der Waals surface area (Å²) in [6, 6.07) is -1.70. The number of carboxylic acid groups (broad SMARTS) is 1. The van der Waals surface area contributed by atoms with E-state index in [1.807, 2.05) is 0 Å². The monoisotopic (exact) mass is 247 g/mol. The van der Waals surface area contributed by atoms with Gasteiger partial charge in [-0.3, -0.25) is 4.79 Å². The molecule has 8 heteroatoms. The van der Waals surface area contributed by atoms with Gasteiger partial charge in [-0.2, -0.15) is 0 Å². The molecule has 4 atom stereocenters. The normalized spacial score (nSPS) is 18.9. The molecular formula is C6H13CrNO6+3. The molecule has 0 aromatic heterocycles. The van der Waals surface area contributed by atoms with Gasteiger partial charge in [0, 0.05) is 0 Å². The molecule has 0 fully saturated rings. The van der Waals surface area contributed by atoms with Gasteiger partial charge in [0.1, 0.15) is 24.4 Å². The first-order chi connectivity index (χ1) is 5.91. The van der Waals surface area contributed by atoms with E-state index in [1.54, 1.807) is 0 Å². The third-order valence-corrected chi connectivity index (χ3v) is 1.58. The zero-order valence-corrected chi connectivity index (χ0v) is 8.42. The first-order valence-corrected chi connectivity index (χ1v) is 3.55. The van der Waals surface area contributed by atoms with Crippen molar-refractivity contribution in [2.75, 3.05) is 6.61 Å². The predicted molar refractivity (Wildman–Crippen MR) is 40.7 cm³/mol. The molecule has 0 amide bonds. The van der Waals surface area contributed by atoms with E-state index in [-0.39, 0.29) is 17.4 Å². The summed E-state index contributed by atoms with van der Waals surface area (Å²) >= 11 is 0. The fourth-order valence-corrected chi connectivity index (χ4v) is 0.694. The minimum atomic E-state index is -1.82. The Kier molecular flexibility index (Phi) is 8.28. The minimum Gasteiger partial charge on any atom is -0.480 e. The Hall–Kier alpha value is -0.198. The van der Waals surface area contributed by atoms with Crippen molar-refractivity contribution >= 4 is 5.97 Å². The topological polar surface area (TPSA) is 144 Å². The average Bonchev–Trinajstić information content (AvgIpc) is 2.12. The SMILES string of the molecule is N[C@@H](C(=O)O)[C@@H](O)[C@H](O)[C@H](O)CO.[Cr+3]. The van der Waals surface area contributed by atoms with E-state index in [0.29, 0.717) is 0 Å².